The van der Waals surface area contributed by atoms with E-state index in [1.165, 1.54) is 166 Å². The Hall–Kier alpha value is -1.27. The van der Waals surface area contributed by atoms with Gasteiger partial charge >= 0.3 is 11.9 Å². The number of unbranched alkanes of at least 4 members (excludes halogenated alkanes) is 23. The summed E-state index contributed by atoms with van der Waals surface area (Å²) in [5, 5.41) is 0. The van der Waals surface area contributed by atoms with Crippen LogP contribution in [0.2, 0.25) is 0 Å². The van der Waals surface area contributed by atoms with Crippen LogP contribution in [0.5, 0.6) is 0 Å². The molecule has 304 valence electrons. The van der Waals surface area contributed by atoms with Gasteiger partial charge in [0.25, 0.3) is 0 Å². The minimum atomic E-state index is -0.328. The van der Waals surface area contributed by atoms with Crippen LogP contribution < -0.4 is 0 Å². The lowest BCUT2D eigenvalue weighted by Crippen LogP contribution is -2.33. The summed E-state index contributed by atoms with van der Waals surface area (Å²) in [5.41, 5.74) is 0. The molecule has 52 heavy (non-hydrogen) atoms. The first-order valence-corrected chi connectivity index (χ1v) is 23.8. The van der Waals surface area contributed by atoms with Gasteiger partial charge in [-0.1, -0.05) is 141 Å². The molecule has 0 N–H and O–H groups in total. The number of carbonyl (C=O) groups is 2. The van der Waals surface area contributed by atoms with Gasteiger partial charge in [0.05, 0.1) is 0 Å². The first-order valence-electron chi connectivity index (χ1n) is 22.6. The van der Waals surface area contributed by atoms with Crippen molar-refractivity contribution in [2.45, 2.75) is 219 Å². The summed E-state index contributed by atoms with van der Waals surface area (Å²) < 4.78 is 11.6. The van der Waals surface area contributed by atoms with Crippen molar-refractivity contribution in [2.75, 3.05) is 37.7 Å². The number of esters is 2. The third-order valence-corrected chi connectivity index (χ3v) is 11.3. The van der Waals surface area contributed by atoms with Crippen LogP contribution in [0, 0.1) is 0 Å². The van der Waals surface area contributed by atoms with Crippen LogP contribution >= 0.6 is 11.8 Å². The maximum absolute atomic E-state index is 12.8. The molecule has 1 heterocycles. The molecule has 1 aliphatic rings. The minimum absolute atomic E-state index is 0.135. The lowest BCUT2D eigenvalue weighted by atomic mass is 10.1. The molecule has 0 bridgehead atoms. The van der Waals surface area contributed by atoms with E-state index in [0.717, 1.165) is 51.5 Å². The Morgan fingerprint density at radius 2 is 0.962 bits per heavy atom. The molecule has 0 aromatic heterocycles. The highest BCUT2D eigenvalue weighted by Crippen LogP contribution is 2.16. The number of ether oxygens (including phenoxy) is 2. The summed E-state index contributed by atoms with van der Waals surface area (Å²) >= 11 is 2.04. The number of rotatable bonds is 38. The molecule has 0 spiro atoms. The third kappa shape index (κ3) is 34.5. The number of allylic oxidation sites excluding steroid dienone is 4. The van der Waals surface area contributed by atoms with Crippen LogP contribution in [0.25, 0.3) is 0 Å². The molecule has 0 aromatic rings. The average Bonchev–Trinajstić information content (AvgIpc) is 3.15. The first kappa shape index (κ1) is 48.7. The molecule has 1 unspecified atom stereocenters. The Morgan fingerprint density at radius 1 is 0.538 bits per heavy atom. The largest absolute Gasteiger partial charge is 0.462 e. The zero-order valence-corrected chi connectivity index (χ0v) is 35.4. The number of hydrogen-bond acceptors (Lipinski definition) is 6. The van der Waals surface area contributed by atoms with E-state index in [2.05, 4.69) is 43.1 Å². The van der Waals surface area contributed by atoms with Crippen molar-refractivity contribution in [1.29, 1.82) is 0 Å². The van der Waals surface area contributed by atoms with E-state index in [4.69, 9.17) is 9.47 Å². The fraction of sp³-hybridized carbons (Fsp3) is 0.870. The molecule has 6 heteroatoms. The van der Waals surface area contributed by atoms with Crippen molar-refractivity contribution in [3.63, 3.8) is 0 Å². The van der Waals surface area contributed by atoms with Gasteiger partial charge < -0.3 is 14.4 Å². The minimum Gasteiger partial charge on any atom is -0.462 e. The molecule has 0 aliphatic carbocycles. The summed E-state index contributed by atoms with van der Waals surface area (Å²) in [6, 6.07) is 0. The van der Waals surface area contributed by atoms with Gasteiger partial charge in [0.15, 0.2) is 0 Å². The van der Waals surface area contributed by atoms with Gasteiger partial charge in [-0.15, -0.1) is 0 Å². The zero-order chi connectivity index (χ0) is 37.4. The molecular weight excluding hydrogens is 663 g/mol. The molecule has 1 saturated heterocycles. The molecule has 1 aliphatic heterocycles. The molecule has 5 nitrogen and oxygen atoms in total. The number of hydrogen-bond donors (Lipinski definition) is 0. The number of nitrogens with zero attached hydrogens (tertiary/aromatic N) is 1. The summed E-state index contributed by atoms with van der Waals surface area (Å²) in [7, 11) is 0. The molecule has 0 saturated carbocycles. The highest BCUT2D eigenvalue weighted by Gasteiger charge is 2.18. The maximum atomic E-state index is 12.8. The van der Waals surface area contributed by atoms with E-state index in [1.807, 2.05) is 11.8 Å². The van der Waals surface area contributed by atoms with E-state index < -0.39 is 0 Å². The maximum Gasteiger partial charge on any atom is 0.306 e. The molecule has 1 fully saturated rings. The van der Waals surface area contributed by atoms with E-state index in [9.17, 15) is 9.59 Å². The second-order valence-corrected chi connectivity index (χ2v) is 16.6. The molecule has 0 radical (unpaired) electrons. The van der Waals surface area contributed by atoms with Crippen molar-refractivity contribution in [1.82, 2.24) is 4.90 Å². The van der Waals surface area contributed by atoms with Crippen LogP contribution in [-0.2, 0) is 19.1 Å². The Morgan fingerprint density at radius 3 is 1.44 bits per heavy atom. The lowest BCUT2D eigenvalue weighted by Gasteiger charge is -2.26. The predicted molar refractivity (Wildman–Crippen MR) is 227 cm³/mol. The van der Waals surface area contributed by atoms with Gasteiger partial charge in [-0.3, -0.25) is 9.59 Å². The summed E-state index contributed by atoms with van der Waals surface area (Å²) in [5.74, 6) is 2.16. The van der Waals surface area contributed by atoms with Gasteiger partial charge in [-0.05, 0) is 90.0 Å². The topological polar surface area (TPSA) is 55.8 Å². The quantitative estimate of drug-likeness (QED) is 0.0356. The second kappa shape index (κ2) is 39.4. The molecule has 1 atom stereocenters. The van der Waals surface area contributed by atoms with Crippen molar-refractivity contribution in [2.24, 2.45) is 0 Å². The third-order valence-electron chi connectivity index (χ3n) is 10.4. The Labute approximate surface area is 327 Å². The standard InChI is InChI=1S/C46H85NO4S/c1-3-5-7-9-11-13-15-17-19-21-23-25-27-29-31-36-45(48)50-43-44(35-33-34-38-47-39-41-52-42-40-47)51-46(49)37-32-30-28-26-24-22-20-18-16-14-12-10-8-6-4-2/h17-20,44H,3-16,21-43H2,1-2H3/b19-17-,20-18-. The average molecular weight is 748 g/mol. The van der Waals surface area contributed by atoms with E-state index in [1.54, 1.807) is 0 Å². The molecule has 1 rings (SSSR count). The van der Waals surface area contributed by atoms with Crippen LogP contribution in [0.3, 0.4) is 0 Å². The smallest absolute Gasteiger partial charge is 0.306 e. The highest BCUT2D eigenvalue weighted by molar-refractivity contribution is 7.99. The summed E-state index contributed by atoms with van der Waals surface area (Å²) in [6.45, 7) is 8.19. The van der Waals surface area contributed by atoms with E-state index in [-0.39, 0.29) is 24.6 Å². The first-order chi connectivity index (χ1) is 25.7. The predicted octanol–water partition coefficient (Wildman–Crippen LogP) is 13.7. The number of thioether (sulfide) groups is 1. The van der Waals surface area contributed by atoms with Gasteiger partial charge in [0.2, 0.25) is 0 Å². The Kier molecular flexibility index (Phi) is 37.0. The van der Waals surface area contributed by atoms with Crippen LogP contribution in [0.4, 0.5) is 0 Å². The monoisotopic (exact) mass is 748 g/mol. The SMILES string of the molecule is CCCCCCCC/C=C\CCCCCCCC(=O)OCC(CCCCN1CCSCC1)OC(=O)CCCCCCC/C=C\CCCCCCCC. The fourth-order valence-corrected chi connectivity index (χ4v) is 7.87. The highest BCUT2D eigenvalue weighted by atomic mass is 32.2. The van der Waals surface area contributed by atoms with Crippen LogP contribution in [0.1, 0.15) is 213 Å². The summed E-state index contributed by atoms with van der Waals surface area (Å²) in [6.07, 6.45) is 45.2. The molecular formula is C46H85NO4S. The lowest BCUT2D eigenvalue weighted by molar-refractivity contribution is -0.159. The van der Waals surface area contributed by atoms with Gasteiger partial charge in [0.1, 0.15) is 12.7 Å². The zero-order valence-electron chi connectivity index (χ0n) is 34.5. The van der Waals surface area contributed by atoms with Crippen molar-refractivity contribution < 1.29 is 19.1 Å². The van der Waals surface area contributed by atoms with Gasteiger partial charge in [-0.25, -0.2) is 0 Å². The van der Waals surface area contributed by atoms with Gasteiger partial charge in [0, 0.05) is 37.4 Å². The second-order valence-electron chi connectivity index (χ2n) is 15.4. The van der Waals surface area contributed by atoms with Crippen molar-refractivity contribution in [3.8, 4) is 0 Å². The van der Waals surface area contributed by atoms with Crippen molar-refractivity contribution in [3.05, 3.63) is 24.3 Å². The Bertz CT molecular complexity index is 840. The normalized spacial score (nSPS) is 14.4. The molecule has 0 amide bonds. The summed E-state index contributed by atoms with van der Waals surface area (Å²) in [4.78, 5) is 27.8. The van der Waals surface area contributed by atoms with Crippen molar-refractivity contribution >= 4 is 23.7 Å². The van der Waals surface area contributed by atoms with E-state index in [0.29, 0.717) is 12.8 Å². The fourth-order valence-electron chi connectivity index (χ4n) is 6.89. The van der Waals surface area contributed by atoms with Gasteiger partial charge in [-0.2, -0.15) is 11.8 Å². The molecule has 0 aromatic carbocycles. The van der Waals surface area contributed by atoms with E-state index >= 15 is 0 Å². The Balaban J connectivity index is 2.17. The van der Waals surface area contributed by atoms with Crippen LogP contribution in [0.15, 0.2) is 24.3 Å². The van der Waals surface area contributed by atoms with Crippen LogP contribution in [-0.4, -0.2) is 60.7 Å². The number of carbonyl (C=O) groups excluding carboxylic acids is 2.